The van der Waals surface area contributed by atoms with Crippen LogP contribution < -0.4 is 5.32 Å². The van der Waals surface area contributed by atoms with E-state index >= 15 is 0 Å². The van der Waals surface area contributed by atoms with E-state index in [0.29, 0.717) is 11.5 Å². The number of benzene rings is 1. The standard InChI is InChI=1S/C19H31NO/c1-19(2,3)17-5-4-6-18(12-11-17)20-13-15-7-9-16(14-21)10-8-15/h7-10,17-18,20-21H,4-6,11-14H2,1-3H3. The van der Waals surface area contributed by atoms with Crippen molar-refractivity contribution in [1.82, 2.24) is 5.32 Å². The van der Waals surface area contributed by atoms with Gasteiger partial charge in [-0.25, -0.2) is 0 Å². The normalized spacial score (nSPS) is 23.8. The zero-order valence-corrected chi connectivity index (χ0v) is 13.9. The Kier molecular flexibility index (Phi) is 5.83. The highest BCUT2D eigenvalue weighted by Crippen LogP contribution is 2.36. The molecule has 2 rings (SSSR count). The molecule has 2 unspecified atom stereocenters. The first kappa shape index (κ1) is 16.5. The van der Waals surface area contributed by atoms with Crippen molar-refractivity contribution in [3.8, 4) is 0 Å². The topological polar surface area (TPSA) is 32.3 Å². The predicted octanol–water partition coefficient (Wildman–Crippen LogP) is 4.26. The van der Waals surface area contributed by atoms with Crippen molar-refractivity contribution in [2.75, 3.05) is 0 Å². The van der Waals surface area contributed by atoms with Gasteiger partial charge in [0.25, 0.3) is 0 Å². The summed E-state index contributed by atoms with van der Waals surface area (Å²) in [5.41, 5.74) is 2.75. The Balaban J connectivity index is 1.80. The number of hydrogen-bond acceptors (Lipinski definition) is 2. The second kappa shape index (κ2) is 7.42. The maximum atomic E-state index is 9.07. The summed E-state index contributed by atoms with van der Waals surface area (Å²) in [4.78, 5) is 0. The van der Waals surface area contributed by atoms with E-state index in [1.165, 1.54) is 37.7 Å². The van der Waals surface area contributed by atoms with Gasteiger partial charge in [0, 0.05) is 12.6 Å². The third-order valence-corrected chi connectivity index (χ3v) is 4.99. The molecule has 2 nitrogen and oxygen atoms in total. The minimum atomic E-state index is 0.129. The molecule has 1 aliphatic rings. The van der Waals surface area contributed by atoms with Crippen LogP contribution in [0.15, 0.2) is 24.3 Å². The quantitative estimate of drug-likeness (QED) is 0.812. The molecular weight excluding hydrogens is 258 g/mol. The van der Waals surface area contributed by atoms with Crippen LogP contribution in [-0.2, 0) is 13.2 Å². The summed E-state index contributed by atoms with van der Waals surface area (Å²) < 4.78 is 0. The van der Waals surface area contributed by atoms with E-state index in [1.54, 1.807) is 0 Å². The molecule has 1 aromatic rings. The molecule has 0 saturated heterocycles. The lowest BCUT2D eigenvalue weighted by molar-refractivity contribution is 0.213. The molecule has 1 aliphatic carbocycles. The van der Waals surface area contributed by atoms with Gasteiger partial charge in [0.1, 0.15) is 0 Å². The van der Waals surface area contributed by atoms with Gasteiger partial charge in [0.05, 0.1) is 6.61 Å². The van der Waals surface area contributed by atoms with Crippen LogP contribution in [0.3, 0.4) is 0 Å². The molecule has 1 fully saturated rings. The summed E-state index contributed by atoms with van der Waals surface area (Å²) in [6, 6.07) is 8.93. The molecule has 118 valence electrons. The molecule has 1 saturated carbocycles. The average Bonchev–Trinajstić information content (AvgIpc) is 2.71. The first-order valence-electron chi connectivity index (χ1n) is 8.41. The van der Waals surface area contributed by atoms with Gasteiger partial charge in [0.15, 0.2) is 0 Å². The molecule has 2 heteroatoms. The maximum Gasteiger partial charge on any atom is 0.0681 e. The van der Waals surface area contributed by atoms with Gasteiger partial charge in [0.2, 0.25) is 0 Å². The summed E-state index contributed by atoms with van der Waals surface area (Å²) in [5, 5.41) is 12.8. The van der Waals surface area contributed by atoms with Crippen LogP contribution in [0.5, 0.6) is 0 Å². The third-order valence-electron chi connectivity index (χ3n) is 4.99. The number of rotatable bonds is 4. The van der Waals surface area contributed by atoms with E-state index in [2.05, 4.69) is 38.2 Å². The Morgan fingerprint density at radius 3 is 2.29 bits per heavy atom. The Bertz CT molecular complexity index is 418. The minimum Gasteiger partial charge on any atom is -0.392 e. The van der Waals surface area contributed by atoms with Crippen LogP contribution in [0.25, 0.3) is 0 Å². The van der Waals surface area contributed by atoms with Crippen molar-refractivity contribution in [3.63, 3.8) is 0 Å². The molecule has 1 aromatic carbocycles. The van der Waals surface area contributed by atoms with Gasteiger partial charge in [-0.15, -0.1) is 0 Å². The van der Waals surface area contributed by atoms with Crippen LogP contribution in [0.4, 0.5) is 0 Å². The minimum absolute atomic E-state index is 0.129. The van der Waals surface area contributed by atoms with Crippen molar-refractivity contribution in [1.29, 1.82) is 0 Å². The average molecular weight is 289 g/mol. The van der Waals surface area contributed by atoms with Gasteiger partial charge in [-0.1, -0.05) is 51.5 Å². The monoisotopic (exact) mass is 289 g/mol. The number of aliphatic hydroxyl groups excluding tert-OH is 1. The van der Waals surface area contributed by atoms with Crippen LogP contribution >= 0.6 is 0 Å². The van der Waals surface area contributed by atoms with Gasteiger partial charge in [-0.2, -0.15) is 0 Å². The molecule has 0 aromatic heterocycles. The summed E-state index contributed by atoms with van der Waals surface area (Å²) in [5.74, 6) is 0.869. The fraction of sp³-hybridized carbons (Fsp3) is 0.684. The predicted molar refractivity (Wildman–Crippen MR) is 89.0 cm³/mol. The molecule has 0 bridgehead atoms. The summed E-state index contributed by atoms with van der Waals surface area (Å²) in [6.45, 7) is 8.22. The lowest BCUT2D eigenvalue weighted by Gasteiger charge is -2.29. The van der Waals surface area contributed by atoms with Crippen molar-refractivity contribution >= 4 is 0 Å². The highest BCUT2D eigenvalue weighted by atomic mass is 16.3. The highest BCUT2D eigenvalue weighted by molar-refractivity contribution is 5.21. The second-order valence-corrected chi connectivity index (χ2v) is 7.62. The Morgan fingerprint density at radius 2 is 1.67 bits per heavy atom. The van der Waals surface area contributed by atoms with Crippen LogP contribution in [-0.4, -0.2) is 11.1 Å². The van der Waals surface area contributed by atoms with Gasteiger partial charge in [-0.3, -0.25) is 0 Å². The van der Waals surface area contributed by atoms with Gasteiger partial charge >= 0.3 is 0 Å². The summed E-state index contributed by atoms with van der Waals surface area (Å²) >= 11 is 0. The molecule has 2 atom stereocenters. The van der Waals surface area contributed by atoms with Gasteiger partial charge < -0.3 is 10.4 Å². The van der Waals surface area contributed by atoms with E-state index in [1.807, 2.05) is 12.1 Å². The van der Waals surface area contributed by atoms with Crippen LogP contribution in [0, 0.1) is 11.3 Å². The first-order chi connectivity index (χ1) is 9.99. The van der Waals surface area contributed by atoms with E-state index in [4.69, 9.17) is 5.11 Å². The SMILES string of the molecule is CC(C)(C)C1CCCC(NCc2ccc(CO)cc2)CC1. The number of aliphatic hydroxyl groups is 1. The van der Waals surface area contributed by atoms with Crippen molar-refractivity contribution in [2.45, 2.75) is 72.1 Å². The van der Waals surface area contributed by atoms with Crippen LogP contribution in [0.2, 0.25) is 0 Å². The van der Waals surface area contributed by atoms with E-state index in [9.17, 15) is 0 Å². The second-order valence-electron chi connectivity index (χ2n) is 7.62. The smallest absolute Gasteiger partial charge is 0.0681 e. The fourth-order valence-corrected chi connectivity index (χ4v) is 3.40. The number of hydrogen-bond donors (Lipinski definition) is 2. The Morgan fingerprint density at radius 1 is 1.00 bits per heavy atom. The zero-order chi connectivity index (χ0) is 15.3. The lowest BCUT2D eigenvalue weighted by Crippen LogP contribution is -2.28. The van der Waals surface area contributed by atoms with E-state index < -0.39 is 0 Å². The largest absolute Gasteiger partial charge is 0.392 e. The molecule has 0 spiro atoms. The lowest BCUT2D eigenvalue weighted by atomic mass is 9.76. The first-order valence-corrected chi connectivity index (χ1v) is 8.41. The highest BCUT2D eigenvalue weighted by Gasteiger charge is 2.27. The van der Waals surface area contributed by atoms with E-state index in [0.717, 1.165) is 18.0 Å². The summed E-state index contributed by atoms with van der Waals surface area (Å²) in [6.07, 6.45) is 6.69. The molecular formula is C19H31NO. The molecule has 2 N–H and O–H groups in total. The van der Waals surface area contributed by atoms with Crippen molar-refractivity contribution in [3.05, 3.63) is 35.4 Å². The third kappa shape index (κ3) is 5.12. The van der Waals surface area contributed by atoms with Crippen molar-refractivity contribution in [2.24, 2.45) is 11.3 Å². The molecule has 21 heavy (non-hydrogen) atoms. The van der Waals surface area contributed by atoms with Crippen molar-refractivity contribution < 1.29 is 5.11 Å². The maximum absolute atomic E-state index is 9.07. The van der Waals surface area contributed by atoms with Gasteiger partial charge in [-0.05, 0) is 48.1 Å². The molecule has 0 amide bonds. The number of nitrogens with one attached hydrogen (secondary N) is 1. The molecule has 0 aliphatic heterocycles. The molecule has 0 heterocycles. The summed E-state index contributed by atoms with van der Waals surface area (Å²) in [7, 11) is 0. The van der Waals surface area contributed by atoms with E-state index in [-0.39, 0.29) is 6.61 Å². The Hall–Kier alpha value is -0.860. The molecule has 0 radical (unpaired) electrons. The zero-order valence-electron chi connectivity index (χ0n) is 13.9. The fourth-order valence-electron chi connectivity index (χ4n) is 3.40. The Labute approximate surface area is 130 Å². The van der Waals surface area contributed by atoms with Crippen LogP contribution in [0.1, 0.15) is 64.0 Å².